The summed E-state index contributed by atoms with van der Waals surface area (Å²) in [4.78, 5) is 12.0. The van der Waals surface area contributed by atoms with Gasteiger partial charge in [0.1, 0.15) is 11.5 Å². The van der Waals surface area contributed by atoms with Crippen LogP contribution >= 0.6 is 11.6 Å². The standard InChI is InChI=1S/C15H17ClO2/c16-12-7-5-11(6-8-12)13-15(14(17)18-13)9-3-1-2-4-10-15/h5-8,13H,1-4,9-10H2. The van der Waals surface area contributed by atoms with Gasteiger partial charge in [-0.2, -0.15) is 0 Å². The van der Waals surface area contributed by atoms with Crippen molar-refractivity contribution in [1.82, 2.24) is 0 Å². The Morgan fingerprint density at radius 1 is 1.06 bits per heavy atom. The summed E-state index contributed by atoms with van der Waals surface area (Å²) in [7, 11) is 0. The monoisotopic (exact) mass is 264 g/mol. The average molecular weight is 265 g/mol. The van der Waals surface area contributed by atoms with Gasteiger partial charge in [0.15, 0.2) is 0 Å². The SMILES string of the molecule is O=C1OC(c2ccc(Cl)cc2)C12CCCCCC2. The van der Waals surface area contributed by atoms with Crippen molar-refractivity contribution in [2.75, 3.05) is 0 Å². The Bertz CT molecular complexity index is 444. The number of hydrogen-bond acceptors (Lipinski definition) is 2. The fourth-order valence-electron chi connectivity index (χ4n) is 3.24. The van der Waals surface area contributed by atoms with Gasteiger partial charge in [0.05, 0.1) is 0 Å². The highest BCUT2D eigenvalue weighted by atomic mass is 35.5. The molecule has 3 heteroatoms. The number of esters is 1. The third-order valence-corrected chi connectivity index (χ3v) is 4.55. The number of hydrogen-bond donors (Lipinski definition) is 0. The highest BCUT2D eigenvalue weighted by Gasteiger charge is 2.57. The van der Waals surface area contributed by atoms with Crippen LogP contribution in [0.4, 0.5) is 0 Å². The average Bonchev–Trinajstić information content (AvgIpc) is 2.65. The highest BCUT2D eigenvalue weighted by Crippen LogP contribution is 2.55. The molecule has 1 spiro atoms. The Morgan fingerprint density at radius 2 is 1.67 bits per heavy atom. The van der Waals surface area contributed by atoms with Crippen LogP contribution in [-0.4, -0.2) is 5.97 Å². The first-order valence-electron chi connectivity index (χ1n) is 6.69. The van der Waals surface area contributed by atoms with Crippen molar-refractivity contribution in [3.8, 4) is 0 Å². The second-order valence-electron chi connectivity index (χ2n) is 5.41. The molecule has 2 fully saturated rings. The summed E-state index contributed by atoms with van der Waals surface area (Å²) in [5.74, 6) is 0.00403. The molecule has 1 aromatic carbocycles. The molecule has 1 aliphatic carbocycles. The van der Waals surface area contributed by atoms with E-state index in [9.17, 15) is 4.79 Å². The number of rotatable bonds is 1. The molecular formula is C15H17ClO2. The van der Waals surface area contributed by atoms with Crippen LogP contribution in [-0.2, 0) is 9.53 Å². The van der Waals surface area contributed by atoms with Crippen LogP contribution in [0.25, 0.3) is 0 Å². The molecule has 0 aromatic heterocycles. The minimum absolute atomic E-state index is 0.00403. The second kappa shape index (κ2) is 4.58. The first-order valence-corrected chi connectivity index (χ1v) is 7.07. The smallest absolute Gasteiger partial charge is 0.316 e. The van der Waals surface area contributed by atoms with E-state index in [1.54, 1.807) is 0 Å². The van der Waals surface area contributed by atoms with Gasteiger partial charge in [0.25, 0.3) is 0 Å². The lowest BCUT2D eigenvalue weighted by molar-refractivity contribution is -0.211. The van der Waals surface area contributed by atoms with Gasteiger partial charge in [-0.25, -0.2) is 0 Å². The van der Waals surface area contributed by atoms with Crippen molar-refractivity contribution in [2.45, 2.75) is 44.6 Å². The molecule has 0 radical (unpaired) electrons. The number of carbonyl (C=O) groups is 1. The molecule has 1 aliphatic heterocycles. The lowest BCUT2D eigenvalue weighted by Gasteiger charge is -2.47. The molecule has 1 atom stereocenters. The van der Waals surface area contributed by atoms with Gasteiger partial charge >= 0.3 is 5.97 Å². The molecule has 0 amide bonds. The van der Waals surface area contributed by atoms with Crippen molar-refractivity contribution < 1.29 is 9.53 Å². The van der Waals surface area contributed by atoms with Gasteiger partial charge < -0.3 is 4.74 Å². The maximum absolute atomic E-state index is 12.0. The van der Waals surface area contributed by atoms with Gasteiger partial charge in [-0.15, -0.1) is 0 Å². The van der Waals surface area contributed by atoms with Gasteiger partial charge in [0.2, 0.25) is 0 Å². The van der Waals surface area contributed by atoms with Crippen molar-refractivity contribution >= 4 is 17.6 Å². The van der Waals surface area contributed by atoms with Crippen LogP contribution in [0.3, 0.4) is 0 Å². The highest BCUT2D eigenvalue weighted by molar-refractivity contribution is 6.30. The minimum Gasteiger partial charge on any atom is -0.456 e. The Labute approximate surface area is 112 Å². The predicted octanol–water partition coefficient (Wildman–Crippen LogP) is 4.28. The quantitative estimate of drug-likeness (QED) is 0.708. The molecule has 18 heavy (non-hydrogen) atoms. The number of carbonyl (C=O) groups excluding carboxylic acids is 1. The van der Waals surface area contributed by atoms with E-state index in [-0.39, 0.29) is 17.5 Å². The molecule has 96 valence electrons. The van der Waals surface area contributed by atoms with Crippen LogP contribution in [0.15, 0.2) is 24.3 Å². The number of cyclic esters (lactones) is 1. The lowest BCUT2D eigenvalue weighted by Crippen LogP contribution is -2.50. The van der Waals surface area contributed by atoms with E-state index in [2.05, 4.69) is 0 Å². The summed E-state index contributed by atoms with van der Waals surface area (Å²) in [5, 5.41) is 0.722. The normalized spacial score (nSPS) is 26.3. The van der Waals surface area contributed by atoms with Crippen molar-refractivity contribution in [3.63, 3.8) is 0 Å². The van der Waals surface area contributed by atoms with E-state index >= 15 is 0 Å². The van der Waals surface area contributed by atoms with E-state index in [0.29, 0.717) is 0 Å². The molecule has 0 bridgehead atoms. The number of halogens is 1. The predicted molar refractivity (Wildman–Crippen MR) is 70.4 cm³/mol. The summed E-state index contributed by atoms with van der Waals surface area (Å²) in [6.45, 7) is 0. The van der Waals surface area contributed by atoms with Gasteiger partial charge in [-0.1, -0.05) is 49.4 Å². The third-order valence-electron chi connectivity index (χ3n) is 4.30. The van der Waals surface area contributed by atoms with Crippen LogP contribution in [0.1, 0.15) is 50.2 Å². The summed E-state index contributed by atoms with van der Waals surface area (Å²) in [6, 6.07) is 7.69. The van der Waals surface area contributed by atoms with E-state index in [1.807, 2.05) is 24.3 Å². The first-order chi connectivity index (χ1) is 8.72. The maximum atomic E-state index is 12.0. The van der Waals surface area contributed by atoms with E-state index in [1.165, 1.54) is 12.8 Å². The molecule has 3 rings (SSSR count). The molecule has 2 aliphatic rings. The molecule has 1 saturated heterocycles. The zero-order valence-electron chi connectivity index (χ0n) is 10.3. The van der Waals surface area contributed by atoms with Crippen LogP contribution < -0.4 is 0 Å². The molecule has 2 nitrogen and oxygen atoms in total. The van der Waals surface area contributed by atoms with Crippen molar-refractivity contribution in [1.29, 1.82) is 0 Å². The molecule has 1 unspecified atom stereocenters. The fourth-order valence-corrected chi connectivity index (χ4v) is 3.36. The van der Waals surface area contributed by atoms with Gasteiger partial charge in [0, 0.05) is 5.02 Å². The maximum Gasteiger partial charge on any atom is 0.316 e. The van der Waals surface area contributed by atoms with Crippen LogP contribution in [0.5, 0.6) is 0 Å². The molecule has 1 heterocycles. The Kier molecular flexibility index (Phi) is 3.06. The van der Waals surface area contributed by atoms with Crippen LogP contribution in [0.2, 0.25) is 5.02 Å². The van der Waals surface area contributed by atoms with Crippen molar-refractivity contribution in [3.05, 3.63) is 34.9 Å². The Hall–Kier alpha value is -1.02. The van der Waals surface area contributed by atoms with E-state index < -0.39 is 0 Å². The minimum atomic E-state index is -0.246. The van der Waals surface area contributed by atoms with Gasteiger partial charge in [-0.05, 0) is 30.5 Å². The summed E-state index contributed by atoms with van der Waals surface area (Å²) in [6.07, 6.45) is 6.64. The molecule has 0 N–H and O–H groups in total. The van der Waals surface area contributed by atoms with Gasteiger partial charge in [-0.3, -0.25) is 4.79 Å². The number of benzene rings is 1. The zero-order chi connectivity index (χ0) is 12.6. The van der Waals surface area contributed by atoms with E-state index in [4.69, 9.17) is 16.3 Å². The summed E-state index contributed by atoms with van der Waals surface area (Å²) in [5.41, 5.74) is 0.838. The second-order valence-corrected chi connectivity index (χ2v) is 5.84. The largest absolute Gasteiger partial charge is 0.456 e. The third kappa shape index (κ3) is 1.83. The first kappa shape index (κ1) is 12.0. The molecular weight excluding hydrogens is 248 g/mol. The molecule has 1 aromatic rings. The summed E-state index contributed by atoms with van der Waals surface area (Å²) >= 11 is 5.90. The topological polar surface area (TPSA) is 26.3 Å². The lowest BCUT2D eigenvalue weighted by atomic mass is 9.69. The number of ether oxygens (including phenoxy) is 1. The fraction of sp³-hybridized carbons (Fsp3) is 0.533. The summed E-state index contributed by atoms with van der Waals surface area (Å²) < 4.78 is 5.43. The molecule has 1 saturated carbocycles. The van der Waals surface area contributed by atoms with E-state index in [0.717, 1.165) is 36.3 Å². The zero-order valence-corrected chi connectivity index (χ0v) is 11.1. The van der Waals surface area contributed by atoms with Crippen molar-refractivity contribution in [2.24, 2.45) is 5.41 Å². The Morgan fingerprint density at radius 3 is 2.22 bits per heavy atom. The van der Waals surface area contributed by atoms with Crippen LogP contribution in [0, 0.1) is 5.41 Å². The Balaban J connectivity index is 1.88.